The topological polar surface area (TPSA) is 35.6 Å². The van der Waals surface area contributed by atoms with Crippen molar-refractivity contribution >= 4 is 5.91 Å². The predicted octanol–water partition coefficient (Wildman–Crippen LogP) is 0.315. The molecule has 0 radical (unpaired) electrons. The van der Waals surface area contributed by atoms with E-state index in [2.05, 4.69) is 30.6 Å². The molecule has 92 valence electrons. The number of hydrogen-bond acceptors (Lipinski definition) is 3. The summed E-state index contributed by atoms with van der Waals surface area (Å²) in [4.78, 5) is 16.0. The summed E-state index contributed by atoms with van der Waals surface area (Å²) in [5.74, 6) is 0.215. The summed E-state index contributed by atoms with van der Waals surface area (Å²) in [6.45, 7) is 12.8. The summed E-state index contributed by atoms with van der Waals surface area (Å²) in [5.41, 5.74) is 0. The van der Waals surface area contributed by atoms with Crippen LogP contribution < -0.4 is 5.32 Å². The van der Waals surface area contributed by atoms with Crippen molar-refractivity contribution in [2.75, 3.05) is 39.3 Å². The van der Waals surface area contributed by atoms with E-state index in [1.165, 1.54) is 0 Å². The highest BCUT2D eigenvalue weighted by molar-refractivity contribution is 5.78. The van der Waals surface area contributed by atoms with Crippen molar-refractivity contribution in [3.05, 3.63) is 12.7 Å². The molecule has 0 bridgehead atoms. The van der Waals surface area contributed by atoms with Crippen LogP contribution >= 0.6 is 0 Å². The average Bonchev–Trinajstić information content (AvgIpc) is 2.27. The van der Waals surface area contributed by atoms with Crippen LogP contribution in [0.5, 0.6) is 0 Å². The molecular weight excluding hydrogens is 202 g/mol. The lowest BCUT2D eigenvalue weighted by Crippen LogP contribution is -2.51. The van der Waals surface area contributed by atoms with Gasteiger partial charge in [-0.2, -0.15) is 0 Å². The van der Waals surface area contributed by atoms with E-state index in [-0.39, 0.29) is 5.91 Å². The Labute approximate surface area is 98.3 Å². The lowest BCUT2D eigenvalue weighted by atomic mass is 10.3. The quantitative estimate of drug-likeness (QED) is 0.684. The van der Waals surface area contributed by atoms with E-state index in [0.717, 1.165) is 32.7 Å². The Morgan fingerprint density at radius 3 is 2.50 bits per heavy atom. The van der Waals surface area contributed by atoms with Crippen molar-refractivity contribution in [1.29, 1.82) is 0 Å². The second kappa shape index (κ2) is 6.66. The molecule has 0 saturated carbocycles. The molecule has 1 fully saturated rings. The van der Waals surface area contributed by atoms with E-state index >= 15 is 0 Å². The zero-order valence-electron chi connectivity index (χ0n) is 10.4. The molecule has 1 aliphatic heterocycles. The molecule has 0 unspecified atom stereocenters. The number of hydrogen-bond donors (Lipinski definition) is 1. The minimum atomic E-state index is 0.215. The molecule has 1 saturated heterocycles. The van der Waals surface area contributed by atoms with Gasteiger partial charge in [0.05, 0.1) is 6.54 Å². The molecular formula is C12H23N3O. The first-order valence-electron chi connectivity index (χ1n) is 5.98. The summed E-state index contributed by atoms with van der Waals surface area (Å²) in [7, 11) is 0. The van der Waals surface area contributed by atoms with Gasteiger partial charge in [0.1, 0.15) is 0 Å². The van der Waals surface area contributed by atoms with Crippen molar-refractivity contribution < 1.29 is 4.79 Å². The number of piperazine rings is 1. The van der Waals surface area contributed by atoms with Crippen LogP contribution in [0, 0.1) is 0 Å². The highest BCUT2D eigenvalue weighted by Crippen LogP contribution is 2.01. The molecule has 0 aromatic heterocycles. The van der Waals surface area contributed by atoms with Gasteiger partial charge in [-0.3, -0.25) is 9.69 Å². The number of nitrogens with zero attached hydrogens (tertiary/aromatic N) is 2. The molecule has 1 aliphatic rings. The standard InChI is InChI=1S/C12H23N3O/c1-4-5-14-6-8-15(9-7-14)12(16)10-13-11(2)3/h4,11,13H,1,5-10H2,2-3H3. The molecule has 0 spiro atoms. The van der Waals surface area contributed by atoms with E-state index in [1.807, 2.05) is 11.0 Å². The third-order valence-corrected chi connectivity index (χ3v) is 2.77. The summed E-state index contributed by atoms with van der Waals surface area (Å²) < 4.78 is 0. The number of rotatable bonds is 5. The molecule has 1 heterocycles. The predicted molar refractivity (Wildman–Crippen MR) is 66.4 cm³/mol. The monoisotopic (exact) mass is 225 g/mol. The van der Waals surface area contributed by atoms with Gasteiger partial charge in [0.2, 0.25) is 5.91 Å². The van der Waals surface area contributed by atoms with Gasteiger partial charge in [0.25, 0.3) is 0 Å². The van der Waals surface area contributed by atoms with Crippen LogP contribution in [0.3, 0.4) is 0 Å². The van der Waals surface area contributed by atoms with Gasteiger partial charge >= 0.3 is 0 Å². The van der Waals surface area contributed by atoms with Crippen LogP contribution in [0.1, 0.15) is 13.8 Å². The van der Waals surface area contributed by atoms with Crippen LogP contribution in [-0.2, 0) is 4.79 Å². The molecule has 16 heavy (non-hydrogen) atoms. The average molecular weight is 225 g/mol. The fourth-order valence-corrected chi connectivity index (χ4v) is 1.77. The number of carbonyl (C=O) groups excluding carboxylic acids is 1. The Kier molecular flexibility index (Phi) is 5.49. The third kappa shape index (κ3) is 4.33. The molecule has 0 aromatic carbocycles. The van der Waals surface area contributed by atoms with Crippen molar-refractivity contribution in [2.45, 2.75) is 19.9 Å². The summed E-state index contributed by atoms with van der Waals surface area (Å²) in [6.07, 6.45) is 1.91. The van der Waals surface area contributed by atoms with E-state index in [1.54, 1.807) is 0 Å². The maximum absolute atomic E-state index is 11.8. The second-order valence-electron chi connectivity index (χ2n) is 4.51. The maximum atomic E-state index is 11.8. The van der Waals surface area contributed by atoms with E-state index < -0.39 is 0 Å². The molecule has 1 N–H and O–H groups in total. The number of amides is 1. The van der Waals surface area contributed by atoms with Crippen molar-refractivity contribution in [3.8, 4) is 0 Å². The van der Waals surface area contributed by atoms with Gasteiger partial charge in [-0.25, -0.2) is 0 Å². The van der Waals surface area contributed by atoms with Gasteiger partial charge in [0.15, 0.2) is 0 Å². The molecule has 0 atom stereocenters. The fraction of sp³-hybridized carbons (Fsp3) is 0.750. The van der Waals surface area contributed by atoms with Gasteiger partial charge in [-0.1, -0.05) is 19.9 Å². The highest BCUT2D eigenvalue weighted by atomic mass is 16.2. The van der Waals surface area contributed by atoms with E-state index in [0.29, 0.717) is 12.6 Å². The Balaban J connectivity index is 2.24. The zero-order valence-corrected chi connectivity index (χ0v) is 10.4. The van der Waals surface area contributed by atoms with E-state index in [9.17, 15) is 4.79 Å². The third-order valence-electron chi connectivity index (χ3n) is 2.77. The molecule has 1 amide bonds. The summed E-state index contributed by atoms with van der Waals surface area (Å²) >= 11 is 0. The molecule has 0 aliphatic carbocycles. The van der Waals surface area contributed by atoms with Crippen LogP contribution in [0.4, 0.5) is 0 Å². The van der Waals surface area contributed by atoms with Crippen LogP contribution in [0.25, 0.3) is 0 Å². The van der Waals surface area contributed by atoms with Gasteiger partial charge in [-0.05, 0) is 0 Å². The Hall–Kier alpha value is -0.870. The largest absolute Gasteiger partial charge is 0.339 e. The van der Waals surface area contributed by atoms with Crippen LogP contribution in [-0.4, -0.2) is 61.0 Å². The first-order valence-corrected chi connectivity index (χ1v) is 5.98. The Bertz CT molecular complexity index is 232. The van der Waals surface area contributed by atoms with Crippen LogP contribution in [0.15, 0.2) is 12.7 Å². The van der Waals surface area contributed by atoms with Gasteiger partial charge in [0, 0.05) is 38.8 Å². The van der Waals surface area contributed by atoms with Crippen molar-refractivity contribution in [1.82, 2.24) is 15.1 Å². The van der Waals surface area contributed by atoms with E-state index in [4.69, 9.17) is 0 Å². The molecule has 4 nitrogen and oxygen atoms in total. The smallest absolute Gasteiger partial charge is 0.236 e. The molecule has 0 aromatic rings. The number of nitrogens with one attached hydrogen (secondary N) is 1. The summed E-state index contributed by atoms with van der Waals surface area (Å²) in [5, 5.41) is 3.16. The number of carbonyl (C=O) groups is 1. The van der Waals surface area contributed by atoms with Gasteiger partial charge in [-0.15, -0.1) is 6.58 Å². The highest BCUT2D eigenvalue weighted by Gasteiger charge is 2.19. The second-order valence-corrected chi connectivity index (χ2v) is 4.51. The minimum Gasteiger partial charge on any atom is -0.339 e. The summed E-state index contributed by atoms with van der Waals surface area (Å²) in [6, 6.07) is 0.367. The minimum absolute atomic E-state index is 0.215. The fourth-order valence-electron chi connectivity index (χ4n) is 1.77. The van der Waals surface area contributed by atoms with Crippen molar-refractivity contribution in [2.24, 2.45) is 0 Å². The van der Waals surface area contributed by atoms with Gasteiger partial charge < -0.3 is 10.2 Å². The lowest BCUT2D eigenvalue weighted by Gasteiger charge is -2.34. The van der Waals surface area contributed by atoms with Crippen LogP contribution in [0.2, 0.25) is 0 Å². The first kappa shape index (κ1) is 13.2. The zero-order chi connectivity index (χ0) is 12.0. The SMILES string of the molecule is C=CCN1CCN(C(=O)CNC(C)C)CC1. The normalized spacial score (nSPS) is 17.8. The molecule has 4 heteroatoms. The Morgan fingerprint density at radius 1 is 1.38 bits per heavy atom. The Morgan fingerprint density at radius 2 is 2.00 bits per heavy atom. The first-order chi connectivity index (χ1) is 7.63. The molecule has 1 rings (SSSR count). The van der Waals surface area contributed by atoms with Crippen molar-refractivity contribution in [3.63, 3.8) is 0 Å². The lowest BCUT2D eigenvalue weighted by molar-refractivity contribution is -0.132. The maximum Gasteiger partial charge on any atom is 0.236 e.